The highest BCUT2D eigenvalue weighted by atomic mass is 32.1. The van der Waals surface area contributed by atoms with Crippen LogP contribution in [0.1, 0.15) is 33.2 Å². The summed E-state index contributed by atoms with van der Waals surface area (Å²) in [6.45, 7) is 6.32. The van der Waals surface area contributed by atoms with Gasteiger partial charge in [-0.15, -0.1) is 0 Å². The molecule has 0 aliphatic carbocycles. The molecule has 1 atom stereocenters. The van der Waals surface area contributed by atoms with Gasteiger partial charge in [0.05, 0.1) is 10.9 Å². The van der Waals surface area contributed by atoms with Gasteiger partial charge in [0, 0.05) is 6.04 Å². The van der Waals surface area contributed by atoms with Crippen LogP contribution in [-0.4, -0.2) is 9.55 Å². The van der Waals surface area contributed by atoms with E-state index >= 15 is 0 Å². The van der Waals surface area contributed by atoms with Crippen molar-refractivity contribution < 1.29 is 0 Å². The third-order valence-corrected chi connectivity index (χ3v) is 3.65. The van der Waals surface area contributed by atoms with E-state index in [2.05, 4.69) is 25.8 Å². The van der Waals surface area contributed by atoms with Crippen LogP contribution in [0.5, 0.6) is 0 Å². The Hall–Kier alpha value is -1.42. The minimum atomic E-state index is 0.00917. The summed E-state index contributed by atoms with van der Waals surface area (Å²) in [6, 6.07) is 7.64. The lowest BCUT2D eigenvalue weighted by Gasteiger charge is -2.22. The monoisotopic (exact) mass is 262 g/mol. The molecule has 1 heterocycles. The van der Waals surface area contributed by atoms with Crippen LogP contribution in [0.15, 0.2) is 29.1 Å². The number of aromatic nitrogens is 2. The number of benzene rings is 1. The number of fused-ring (bicyclic) bond motifs is 1. The summed E-state index contributed by atoms with van der Waals surface area (Å²) in [4.78, 5) is 15.7. The van der Waals surface area contributed by atoms with E-state index in [1.165, 1.54) is 0 Å². The number of H-pyrrole nitrogens is 1. The average Bonchev–Trinajstić information content (AvgIpc) is 2.34. The Balaban J connectivity index is 2.79. The molecule has 0 fully saturated rings. The van der Waals surface area contributed by atoms with Gasteiger partial charge >= 0.3 is 0 Å². The molecule has 0 amide bonds. The first-order chi connectivity index (χ1) is 8.56. The van der Waals surface area contributed by atoms with E-state index < -0.39 is 0 Å². The minimum absolute atomic E-state index is 0.00917. The van der Waals surface area contributed by atoms with Crippen LogP contribution in [0, 0.1) is 10.7 Å². The molecule has 0 aliphatic rings. The summed E-state index contributed by atoms with van der Waals surface area (Å²) in [6.07, 6.45) is 0.896. The SMILES string of the molecule is CCC(C(C)C)n1c(=S)[nH]c2ccccc2c1=O. The summed E-state index contributed by atoms with van der Waals surface area (Å²) in [7, 11) is 0. The zero-order valence-corrected chi connectivity index (χ0v) is 11.8. The number of aromatic amines is 1. The first-order valence-corrected chi connectivity index (χ1v) is 6.70. The predicted molar refractivity (Wildman–Crippen MR) is 77.6 cm³/mol. The lowest BCUT2D eigenvalue weighted by Crippen LogP contribution is -2.29. The molecule has 4 heteroatoms. The normalized spacial score (nSPS) is 13.1. The fourth-order valence-corrected chi connectivity index (χ4v) is 2.76. The van der Waals surface area contributed by atoms with Gasteiger partial charge in [-0.2, -0.15) is 0 Å². The number of hydrogen-bond acceptors (Lipinski definition) is 2. The van der Waals surface area contributed by atoms with E-state index in [9.17, 15) is 4.79 Å². The lowest BCUT2D eigenvalue weighted by atomic mass is 10.0. The van der Waals surface area contributed by atoms with Gasteiger partial charge in [-0.05, 0) is 36.7 Å². The standard InChI is InChI=1S/C14H18N2OS/c1-4-12(9(2)3)16-13(17)10-7-5-6-8-11(10)15-14(16)18/h5-9,12H,4H2,1-3H3,(H,15,18). The van der Waals surface area contributed by atoms with E-state index in [-0.39, 0.29) is 11.6 Å². The number of para-hydroxylation sites is 1. The van der Waals surface area contributed by atoms with Crippen LogP contribution in [0.25, 0.3) is 10.9 Å². The fraction of sp³-hybridized carbons (Fsp3) is 0.429. The molecule has 0 saturated heterocycles. The molecule has 2 aromatic rings. The van der Waals surface area contributed by atoms with Crippen molar-refractivity contribution >= 4 is 23.1 Å². The lowest BCUT2D eigenvalue weighted by molar-refractivity contribution is 0.352. The molecule has 1 N–H and O–H groups in total. The van der Waals surface area contributed by atoms with Gasteiger partial charge < -0.3 is 4.98 Å². The second-order valence-corrected chi connectivity index (χ2v) is 5.26. The largest absolute Gasteiger partial charge is 0.332 e. The predicted octanol–water partition coefficient (Wildman–Crippen LogP) is 3.67. The van der Waals surface area contributed by atoms with Crippen molar-refractivity contribution in [1.29, 1.82) is 0 Å². The summed E-state index contributed by atoms with van der Waals surface area (Å²) in [5, 5.41) is 0.699. The fourth-order valence-electron chi connectivity index (χ4n) is 2.43. The first kappa shape index (κ1) is 13.0. The maximum absolute atomic E-state index is 12.5. The van der Waals surface area contributed by atoms with Crippen molar-refractivity contribution in [2.45, 2.75) is 33.2 Å². The molecule has 3 nitrogen and oxygen atoms in total. The molecule has 0 spiro atoms. The van der Waals surface area contributed by atoms with Crippen LogP contribution in [0.4, 0.5) is 0 Å². The third-order valence-electron chi connectivity index (χ3n) is 3.36. The molecule has 1 unspecified atom stereocenters. The number of rotatable bonds is 3. The average molecular weight is 262 g/mol. The van der Waals surface area contributed by atoms with Crippen molar-refractivity contribution in [3.05, 3.63) is 39.4 Å². The topological polar surface area (TPSA) is 37.8 Å². The van der Waals surface area contributed by atoms with E-state index in [0.717, 1.165) is 11.9 Å². The van der Waals surface area contributed by atoms with Crippen molar-refractivity contribution in [3.8, 4) is 0 Å². The van der Waals surface area contributed by atoms with Crippen molar-refractivity contribution in [3.63, 3.8) is 0 Å². The second kappa shape index (κ2) is 5.06. The highest BCUT2D eigenvalue weighted by Crippen LogP contribution is 2.20. The van der Waals surface area contributed by atoms with Gasteiger partial charge in [-0.1, -0.05) is 32.9 Å². The maximum Gasteiger partial charge on any atom is 0.262 e. The minimum Gasteiger partial charge on any atom is -0.332 e. The molecule has 2 rings (SSSR count). The Kier molecular flexibility index (Phi) is 3.66. The van der Waals surface area contributed by atoms with Crippen LogP contribution < -0.4 is 5.56 Å². The van der Waals surface area contributed by atoms with Crippen molar-refractivity contribution in [1.82, 2.24) is 9.55 Å². The van der Waals surface area contributed by atoms with E-state index in [4.69, 9.17) is 12.2 Å². The highest BCUT2D eigenvalue weighted by Gasteiger charge is 2.17. The van der Waals surface area contributed by atoms with Crippen LogP contribution in [0.2, 0.25) is 0 Å². The molecule has 0 bridgehead atoms. The van der Waals surface area contributed by atoms with Gasteiger partial charge in [0.25, 0.3) is 5.56 Å². The summed E-state index contributed by atoms with van der Waals surface area (Å²) >= 11 is 5.34. The first-order valence-electron chi connectivity index (χ1n) is 6.29. The van der Waals surface area contributed by atoms with Gasteiger partial charge in [-0.3, -0.25) is 9.36 Å². The zero-order chi connectivity index (χ0) is 13.3. The Labute approximate surface area is 111 Å². The van der Waals surface area contributed by atoms with E-state index in [0.29, 0.717) is 16.1 Å². The van der Waals surface area contributed by atoms with Crippen LogP contribution >= 0.6 is 12.2 Å². The van der Waals surface area contributed by atoms with Crippen molar-refractivity contribution in [2.24, 2.45) is 5.92 Å². The second-order valence-electron chi connectivity index (χ2n) is 4.87. The van der Waals surface area contributed by atoms with Gasteiger partial charge in [0.2, 0.25) is 0 Å². The van der Waals surface area contributed by atoms with E-state index in [1.807, 2.05) is 24.3 Å². The molecule has 1 aromatic carbocycles. The van der Waals surface area contributed by atoms with Crippen LogP contribution in [0.3, 0.4) is 0 Å². The molecule has 96 valence electrons. The van der Waals surface area contributed by atoms with E-state index in [1.54, 1.807) is 4.57 Å². The van der Waals surface area contributed by atoms with Crippen molar-refractivity contribution in [2.75, 3.05) is 0 Å². The Morgan fingerprint density at radius 2 is 2.00 bits per heavy atom. The van der Waals surface area contributed by atoms with Gasteiger partial charge in [-0.25, -0.2) is 0 Å². The number of hydrogen-bond donors (Lipinski definition) is 1. The summed E-state index contributed by atoms with van der Waals surface area (Å²) in [5.74, 6) is 0.379. The summed E-state index contributed by atoms with van der Waals surface area (Å²) in [5.41, 5.74) is 0.817. The Morgan fingerprint density at radius 3 is 2.61 bits per heavy atom. The Bertz CT molecular complexity index is 669. The quantitative estimate of drug-likeness (QED) is 0.857. The molecule has 1 aromatic heterocycles. The Morgan fingerprint density at radius 1 is 1.33 bits per heavy atom. The molecular weight excluding hydrogens is 244 g/mol. The number of nitrogens with one attached hydrogen (secondary N) is 1. The molecular formula is C14H18N2OS. The van der Waals surface area contributed by atoms with Gasteiger partial charge in [0.1, 0.15) is 0 Å². The smallest absolute Gasteiger partial charge is 0.262 e. The number of nitrogens with zero attached hydrogens (tertiary/aromatic N) is 1. The molecule has 0 radical (unpaired) electrons. The molecule has 0 aliphatic heterocycles. The summed E-state index contributed by atoms with van der Waals surface area (Å²) < 4.78 is 2.24. The van der Waals surface area contributed by atoms with Gasteiger partial charge in [0.15, 0.2) is 4.77 Å². The molecule has 18 heavy (non-hydrogen) atoms. The highest BCUT2D eigenvalue weighted by molar-refractivity contribution is 7.71. The zero-order valence-electron chi connectivity index (χ0n) is 10.9. The maximum atomic E-state index is 12.5. The molecule has 0 saturated carbocycles. The van der Waals surface area contributed by atoms with Crippen LogP contribution in [-0.2, 0) is 0 Å². The third kappa shape index (κ3) is 2.12.